The molecule has 0 bridgehead atoms. The van der Waals surface area contributed by atoms with Crippen molar-refractivity contribution in [3.05, 3.63) is 40.2 Å². The fourth-order valence-electron chi connectivity index (χ4n) is 2.68. The molecule has 1 fully saturated rings. The van der Waals surface area contributed by atoms with Gasteiger partial charge in [-0.25, -0.2) is 9.78 Å². The van der Waals surface area contributed by atoms with Gasteiger partial charge in [-0.1, -0.05) is 12.1 Å². The number of aliphatic hydroxyl groups is 1. The van der Waals surface area contributed by atoms with Gasteiger partial charge < -0.3 is 20.1 Å². The highest BCUT2D eigenvalue weighted by atomic mass is 32.1. The van der Waals surface area contributed by atoms with Gasteiger partial charge in [0.2, 0.25) is 0 Å². The second-order valence-corrected chi connectivity index (χ2v) is 6.56. The van der Waals surface area contributed by atoms with E-state index >= 15 is 0 Å². The molecule has 1 atom stereocenters. The Kier molecular flexibility index (Phi) is 6.07. The molecule has 0 unspecified atom stereocenters. The monoisotopic (exact) mass is 372 g/mol. The lowest BCUT2D eigenvalue weighted by Crippen LogP contribution is -2.36. The van der Waals surface area contributed by atoms with Crippen LogP contribution in [0.25, 0.3) is 0 Å². The van der Waals surface area contributed by atoms with Gasteiger partial charge >= 0.3 is 6.03 Å². The smallest absolute Gasteiger partial charge is 0.320 e. The predicted molar refractivity (Wildman–Crippen MR) is 102 cm³/mol. The molecule has 0 aliphatic carbocycles. The Balaban J connectivity index is 1.60. The van der Waals surface area contributed by atoms with Gasteiger partial charge in [0.25, 0.3) is 0 Å². The number of ether oxygens (including phenoxy) is 1. The SMILES string of the molecule is C#Cc1nc(NC(=O)N[C@@H](CO)c2ccc(N3CCOCC3)cc2)cs1. The normalized spacial score (nSPS) is 15.2. The maximum Gasteiger partial charge on any atom is 0.320 e. The number of thiazole rings is 1. The van der Waals surface area contributed by atoms with Crippen LogP contribution < -0.4 is 15.5 Å². The molecule has 1 aromatic heterocycles. The molecule has 2 heterocycles. The van der Waals surface area contributed by atoms with Crippen molar-refractivity contribution in [3.8, 4) is 12.3 Å². The molecule has 1 aliphatic rings. The summed E-state index contributed by atoms with van der Waals surface area (Å²) in [5.41, 5.74) is 1.92. The summed E-state index contributed by atoms with van der Waals surface area (Å²) in [6.45, 7) is 2.95. The quantitative estimate of drug-likeness (QED) is 0.697. The Morgan fingerprint density at radius 3 is 2.73 bits per heavy atom. The summed E-state index contributed by atoms with van der Waals surface area (Å²) in [6, 6.07) is 6.83. The number of nitrogens with zero attached hydrogens (tertiary/aromatic N) is 2. The molecule has 26 heavy (non-hydrogen) atoms. The molecule has 8 heteroatoms. The Morgan fingerprint density at radius 1 is 1.38 bits per heavy atom. The lowest BCUT2D eigenvalue weighted by molar-refractivity contribution is 0.122. The number of carbonyl (C=O) groups is 1. The minimum absolute atomic E-state index is 0.211. The van der Waals surface area contributed by atoms with E-state index in [0.29, 0.717) is 10.8 Å². The molecule has 136 valence electrons. The Labute approximate surface area is 156 Å². The van der Waals surface area contributed by atoms with E-state index in [1.165, 1.54) is 11.3 Å². The zero-order valence-corrected chi connectivity index (χ0v) is 15.0. The first kappa shape index (κ1) is 18.2. The average Bonchev–Trinajstić information content (AvgIpc) is 3.14. The number of benzene rings is 1. The van der Waals surface area contributed by atoms with Crippen LogP contribution in [0.5, 0.6) is 0 Å². The van der Waals surface area contributed by atoms with Gasteiger partial charge in [-0.2, -0.15) is 0 Å². The molecule has 3 N–H and O–H groups in total. The molecule has 3 rings (SSSR count). The van der Waals surface area contributed by atoms with Crippen molar-refractivity contribution in [2.24, 2.45) is 0 Å². The van der Waals surface area contributed by atoms with Crippen LogP contribution in [0.1, 0.15) is 16.6 Å². The number of rotatable bonds is 5. The number of anilines is 2. The molecule has 1 saturated heterocycles. The van der Waals surface area contributed by atoms with Crippen LogP contribution in [-0.4, -0.2) is 49.0 Å². The summed E-state index contributed by atoms with van der Waals surface area (Å²) in [6.07, 6.45) is 5.26. The van der Waals surface area contributed by atoms with Gasteiger partial charge in [0, 0.05) is 24.2 Å². The molecule has 2 amide bonds. The van der Waals surface area contributed by atoms with E-state index in [1.54, 1.807) is 5.38 Å². The summed E-state index contributed by atoms with van der Waals surface area (Å²) in [7, 11) is 0. The number of aromatic nitrogens is 1. The maximum atomic E-state index is 12.1. The number of hydrogen-bond donors (Lipinski definition) is 3. The number of morpholine rings is 1. The predicted octanol–water partition coefficient (Wildman–Crippen LogP) is 1.82. The van der Waals surface area contributed by atoms with Gasteiger partial charge in [-0.05, 0) is 23.6 Å². The van der Waals surface area contributed by atoms with E-state index in [4.69, 9.17) is 11.2 Å². The molecular formula is C18H20N4O3S. The summed E-state index contributed by atoms with van der Waals surface area (Å²) in [5, 5.41) is 17.2. The maximum absolute atomic E-state index is 12.1. The Bertz CT molecular complexity index is 778. The molecule has 1 aliphatic heterocycles. The van der Waals surface area contributed by atoms with Crippen molar-refractivity contribution in [2.45, 2.75) is 6.04 Å². The summed E-state index contributed by atoms with van der Waals surface area (Å²) >= 11 is 1.27. The first-order valence-electron chi connectivity index (χ1n) is 8.23. The average molecular weight is 372 g/mol. The van der Waals surface area contributed by atoms with Gasteiger partial charge in [0.05, 0.1) is 25.9 Å². The molecule has 1 aromatic carbocycles. The van der Waals surface area contributed by atoms with Crippen molar-refractivity contribution in [2.75, 3.05) is 43.1 Å². The second-order valence-electron chi connectivity index (χ2n) is 5.71. The van der Waals surface area contributed by atoms with Gasteiger partial charge in [0.15, 0.2) is 5.01 Å². The summed E-state index contributed by atoms with van der Waals surface area (Å²) in [4.78, 5) is 18.4. The molecule has 0 radical (unpaired) electrons. The van der Waals surface area contributed by atoms with Crippen LogP contribution in [0, 0.1) is 12.3 Å². The van der Waals surface area contributed by atoms with Crippen LogP contribution in [0.4, 0.5) is 16.3 Å². The minimum Gasteiger partial charge on any atom is -0.394 e. The zero-order chi connectivity index (χ0) is 18.4. The first-order chi connectivity index (χ1) is 12.7. The van der Waals surface area contributed by atoms with Crippen molar-refractivity contribution in [3.63, 3.8) is 0 Å². The van der Waals surface area contributed by atoms with Crippen LogP contribution in [0.3, 0.4) is 0 Å². The zero-order valence-electron chi connectivity index (χ0n) is 14.1. The summed E-state index contributed by atoms with van der Waals surface area (Å²) in [5.74, 6) is 2.80. The molecule has 7 nitrogen and oxygen atoms in total. The van der Waals surface area contributed by atoms with Crippen molar-refractivity contribution in [1.29, 1.82) is 0 Å². The standard InChI is InChI=1S/C18H20N4O3S/c1-2-17-20-16(12-26-17)21-18(24)19-15(11-23)13-3-5-14(6-4-13)22-7-9-25-10-8-22/h1,3-6,12,15,23H,7-11H2,(H2,19,21,24)/t15-/m0/s1. The summed E-state index contributed by atoms with van der Waals surface area (Å²) < 4.78 is 5.36. The van der Waals surface area contributed by atoms with E-state index in [9.17, 15) is 9.90 Å². The third-order valence-corrected chi connectivity index (χ3v) is 4.80. The lowest BCUT2D eigenvalue weighted by Gasteiger charge is -2.29. The van der Waals surface area contributed by atoms with Crippen LogP contribution in [0.15, 0.2) is 29.6 Å². The second kappa shape index (κ2) is 8.67. The number of aliphatic hydroxyl groups excluding tert-OH is 1. The molecular weight excluding hydrogens is 352 g/mol. The van der Waals surface area contributed by atoms with E-state index < -0.39 is 12.1 Å². The largest absolute Gasteiger partial charge is 0.394 e. The Hall–Kier alpha value is -2.60. The number of urea groups is 1. The molecule has 2 aromatic rings. The van der Waals surface area contributed by atoms with Gasteiger partial charge in [-0.15, -0.1) is 17.8 Å². The van der Waals surface area contributed by atoms with Crippen molar-refractivity contribution < 1.29 is 14.6 Å². The number of amides is 2. The number of terminal acetylenes is 1. The number of hydrogen-bond acceptors (Lipinski definition) is 6. The highest BCUT2D eigenvalue weighted by molar-refractivity contribution is 7.10. The molecule has 0 spiro atoms. The van der Waals surface area contributed by atoms with Crippen LogP contribution in [-0.2, 0) is 4.74 Å². The van der Waals surface area contributed by atoms with Crippen molar-refractivity contribution >= 4 is 28.9 Å². The van der Waals surface area contributed by atoms with Crippen LogP contribution in [0.2, 0.25) is 0 Å². The highest BCUT2D eigenvalue weighted by Gasteiger charge is 2.16. The van der Waals surface area contributed by atoms with E-state index in [-0.39, 0.29) is 6.61 Å². The topological polar surface area (TPSA) is 86.7 Å². The fraction of sp³-hybridized carbons (Fsp3) is 0.333. The first-order valence-corrected chi connectivity index (χ1v) is 9.10. The third kappa shape index (κ3) is 4.52. The van der Waals surface area contributed by atoms with Crippen molar-refractivity contribution in [1.82, 2.24) is 10.3 Å². The fourth-order valence-corrected chi connectivity index (χ4v) is 3.24. The van der Waals surface area contributed by atoms with Gasteiger partial charge in [0.1, 0.15) is 5.82 Å². The lowest BCUT2D eigenvalue weighted by atomic mass is 10.1. The van der Waals surface area contributed by atoms with E-state index in [1.807, 2.05) is 24.3 Å². The Morgan fingerprint density at radius 2 is 2.12 bits per heavy atom. The highest BCUT2D eigenvalue weighted by Crippen LogP contribution is 2.20. The van der Waals surface area contributed by atoms with Crippen LogP contribution >= 0.6 is 11.3 Å². The van der Waals surface area contributed by atoms with Gasteiger partial charge in [-0.3, -0.25) is 5.32 Å². The molecule has 0 saturated carbocycles. The number of carbonyl (C=O) groups excluding carboxylic acids is 1. The van der Waals surface area contributed by atoms with E-state index in [2.05, 4.69) is 26.4 Å². The third-order valence-electron chi connectivity index (χ3n) is 4.03. The van der Waals surface area contributed by atoms with E-state index in [0.717, 1.165) is 37.6 Å². The number of nitrogens with one attached hydrogen (secondary N) is 2. The minimum atomic E-state index is -0.514.